The predicted molar refractivity (Wildman–Crippen MR) is 88.7 cm³/mol. The lowest BCUT2D eigenvalue weighted by Gasteiger charge is -2.05. The van der Waals surface area contributed by atoms with Crippen LogP contribution in [0.1, 0.15) is 6.92 Å². The number of carbonyl (C=O) groups is 2. The zero-order valence-electron chi connectivity index (χ0n) is 12.8. The normalized spacial score (nSPS) is 10.2. The van der Waals surface area contributed by atoms with Gasteiger partial charge in [-0.1, -0.05) is 41.7 Å². The summed E-state index contributed by atoms with van der Waals surface area (Å²) in [6.07, 6.45) is -0.620. The highest BCUT2D eigenvalue weighted by Crippen LogP contribution is 2.35. The number of benzene rings is 1. The van der Waals surface area contributed by atoms with Crippen LogP contribution in [0, 0.1) is 0 Å². The Kier molecular flexibility index (Phi) is 6.07. The summed E-state index contributed by atoms with van der Waals surface area (Å²) in [4.78, 5) is 27.6. The van der Waals surface area contributed by atoms with Gasteiger partial charge in [0.05, 0.1) is 7.11 Å². The third kappa shape index (κ3) is 4.76. The number of hydrogen-bond donors (Lipinski definition) is 2. The number of anilines is 2. The van der Waals surface area contributed by atoms with E-state index < -0.39 is 6.09 Å². The molecule has 0 spiro atoms. The highest BCUT2D eigenvalue weighted by molar-refractivity contribution is 7.20. The molecule has 23 heavy (non-hydrogen) atoms. The number of carbonyl (C=O) groups excluding carboxylic acids is 2. The van der Waals surface area contributed by atoms with Crippen molar-refractivity contribution in [2.45, 2.75) is 6.92 Å². The highest BCUT2D eigenvalue weighted by atomic mass is 32.1. The van der Waals surface area contributed by atoms with Crippen LogP contribution in [0.5, 0.6) is 0 Å². The number of amides is 2. The maximum atomic E-state index is 11.9. The van der Waals surface area contributed by atoms with Gasteiger partial charge >= 0.3 is 6.09 Å². The standard InChI is InChI=1S/C15H17N3O4S/c1-3-22-9-11(19)16-13-12(10-7-5-4-6-8-10)17-14(23-13)18-15(20)21-2/h4-8H,3,9H2,1-2H3,(H,16,19)(H,17,18,20). The molecule has 8 heteroatoms. The summed E-state index contributed by atoms with van der Waals surface area (Å²) in [5, 5.41) is 6.13. The van der Waals surface area contributed by atoms with Crippen LogP contribution in [0.3, 0.4) is 0 Å². The van der Waals surface area contributed by atoms with E-state index in [4.69, 9.17) is 4.74 Å². The summed E-state index contributed by atoms with van der Waals surface area (Å²) in [7, 11) is 1.27. The van der Waals surface area contributed by atoms with Gasteiger partial charge in [0.1, 0.15) is 17.3 Å². The molecule has 7 nitrogen and oxygen atoms in total. The predicted octanol–water partition coefficient (Wildman–Crippen LogP) is 2.96. The Morgan fingerprint density at radius 2 is 1.96 bits per heavy atom. The smallest absolute Gasteiger partial charge is 0.413 e. The van der Waals surface area contributed by atoms with Crippen LogP contribution in [-0.4, -0.2) is 37.3 Å². The number of hydrogen-bond acceptors (Lipinski definition) is 6. The fourth-order valence-corrected chi connectivity index (χ4v) is 2.64. The van der Waals surface area contributed by atoms with Gasteiger partial charge in [0.25, 0.3) is 5.91 Å². The van der Waals surface area contributed by atoms with Crippen LogP contribution in [0.2, 0.25) is 0 Å². The van der Waals surface area contributed by atoms with Gasteiger partial charge in [0.2, 0.25) is 0 Å². The molecule has 2 N–H and O–H groups in total. The topological polar surface area (TPSA) is 89.6 Å². The third-order valence-electron chi connectivity index (χ3n) is 2.76. The summed E-state index contributed by atoms with van der Waals surface area (Å²) < 4.78 is 9.64. The summed E-state index contributed by atoms with van der Waals surface area (Å²) in [6, 6.07) is 9.36. The summed E-state index contributed by atoms with van der Waals surface area (Å²) in [5.41, 5.74) is 1.40. The van der Waals surface area contributed by atoms with Crippen LogP contribution < -0.4 is 10.6 Å². The SMILES string of the molecule is CCOCC(=O)Nc1sc(NC(=O)OC)nc1-c1ccccc1. The van der Waals surface area contributed by atoms with Gasteiger partial charge in [0, 0.05) is 12.2 Å². The number of methoxy groups -OCH3 is 1. The maximum Gasteiger partial charge on any atom is 0.413 e. The van der Waals surface area contributed by atoms with Crippen molar-refractivity contribution >= 4 is 33.5 Å². The number of nitrogens with zero attached hydrogens (tertiary/aromatic N) is 1. The average molecular weight is 335 g/mol. The molecular weight excluding hydrogens is 318 g/mol. The Morgan fingerprint density at radius 3 is 2.61 bits per heavy atom. The molecular formula is C15H17N3O4S. The Labute approximate surface area is 137 Å². The molecule has 2 rings (SSSR count). The number of thiazole rings is 1. The molecule has 1 aromatic heterocycles. The van der Waals surface area contributed by atoms with E-state index in [0.29, 0.717) is 22.4 Å². The molecule has 0 radical (unpaired) electrons. The number of rotatable bonds is 6. The molecule has 1 heterocycles. The van der Waals surface area contributed by atoms with Crippen LogP contribution >= 0.6 is 11.3 Å². The summed E-state index contributed by atoms with van der Waals surface area (Å²) >= 11 is 1.15. The van der Waals surface area contributed by atoms with E-state index in [1.54, 1.807) is 0 Å². The third-order valence-corrected chi connectivity index (χ3v) is 3.65. The lowest BCUT2D eigenvalue weighted by molar-refractivity contribution is -0.120. The minimum absolute atomic E-state index is 0.0393. The van der Waals surface area contributed by atoms with Gasteiger partial charge in [0.15, 0.2) is 5.13 Å². The van der Waals surface area contributed by atoms with Crippen molar-refractivity contribution in [1.29, 1.82) is 0 Å². The fraction of sp³-hybridized carbons (Fsp3) is 0.267. The lowest BCUT2D eigenvalue weighted by Crippen LogP contribution is -2.17. The van der Waals surface area contributed by atoms with E-state index in [-0.39, 0.29) is 12.5 Å². The Balaban J connectivity index is 2.26. The van der Waals surface area contributed by atoms with Crippen molar-refractivity contribution in [3.63, 3.8) is 0 Å². The molecule has 0 aliphatic rings. The van der Waals surface area contributed by atoms with Crippen LogP contribution in [0.15, 0.2) is 30.3 Å². The van der Waals surface area contributed by atoms with Gasteiger partial charge in [-0.3, -0.25) is 10.1 Å². The first-order valence-electron chi connectivity index (χ1n) is 6.92. The molecule has 0 saturated carbocycles. The molecule has 0 fully saturated rings. The second-order valence-electron chi connectivity index (χ2n) is 4.36. The molecule has 0 aliphatic heterocycles. The Hall–Kier alpha value is -2.45. The van der Waals surface area contributed by atoms with Crippen LogP contribution in [0.25, 0.3) is 11.3 Å². The van der Waals surface area contributed by atoms with E-state index in [2.05, 4.69) is 20.4 Å². The monoisotopic (exact) mass is 335 g/mol. The lowest BCUT2D eigenvalue weighted by atomic mass is 10.2. The van der Waals surface area contributed by atoms with Gasteiger partial charge in [-0.15, -0.1) is 0 Å². The quantitative estimate of drug-likeness (QED) is 0.847. The molecule has 0 atom stereocenters. The van der Waals surface area contributed by atoms with E-state index in [1.807, 2.05) is 37.3 Å². The maximum absolute atomic E-state index is 11.9. The minimum atomic E-state index is -0.620. The molecule has 0 aliphatic carbocycles. The molecule has 2 amide bonds. The van der Waals surface area contributed by atoms with Crippen molar-refractivity contribution in [1.82, 2.24) is 4.98 Å². The average Bonchev–Trinajstić information content (AvgIpc) is 2.95. The van der Waals surface area contributed by atoms with Crippen LogP contribution in [-0.2, 0) is 14.3 Å². The van der Waals surface area contributed by atoms with E-state index in [9.17, 15) is 9.59 Å². The molecule has 0 bridgehead atoms. The Bertz CT molecular complexity index is 673. The molecule has 122 valence electrons. The fourth-order valence-electron chi connectivity index (χ4n) is 1.75. The Morgan fingerprint density at radius 1 is 1.22 bits per heavy atom. The van der Waals surface area contributed by atoms with Crippen molar-refractivity contribution < 1.29 is 19.1 Å². The van der Waals surface area contributed by atoms with Crippen molar-refractivity contribution in [3.8, 4) is 11.3 Å². The van der Waals surface area contributed by atoms with Gasteiger partial charge < -0.3 is 14.8 Å². The summed E-state index contributed by atoms with van der Waals surface area (Å²) in [5.74, 6) is -0.280. The van der Waals surface area contributed by atoms with E-state index in [0.717, 1.165) is 16.9 Å². The first-order chi connectivity index (χ1) is 11.1. The van der Waals surface area contributed by atoms with Gasteiger partial charge in [-0.25, -0.2) is 9.78 Å². The van der Waals surface area contributed by atoms with Crippen molar-refractivity contribution in [2.75, 3.05) is 31.0 Å². The van der Waals surface area contributed by atoms with E-state index >= 15 is 0 Å². The number of nitrogens with one attached hydrogen (secondary N) is 2. The van der Waals surface area contributed by atoms with E-state index in [1.165, 1.54) is 7.11 Å². The minimum Gasteiger partial charge on any atom is -0.453 e. The van der Waals surface area contributed by atoms with Crippen molar-refractivity contribution in [2.24, 2.45) is 0 Å². The highest BCUT2D eigenvalue weighted by Gasteiger charge is 2.17. The second-order valence-corrected chi connectivity index (χ2v) is 5.36. The van der Waals surface area contributed by atoms with Crippen molar-refractivity contribution in [3.05, 3.63) is 30.3 Å². The number of ether oxygens (including phenoxy) is 2. The molecule has 1 aromatic carbocycles. The number of aromatic nitrogens is 1. The summed E-state index contributed by atoms with van der Waals surface area (Å²) in [6.45, 7) is 2.23. The zero-order valence-corrected chi connectivity index (χ0v) is 13.6. The first-order valence-corrected chi connectivity index (χ1v) is 7.74. The molecule has 2 aromatic rings. The second kappa shape index (κ2) is 8.25. The largest absolute Gasteiger partial charge is 0.453 e. The molecule has 0 unspecified atom stereocenters. The van der Waals surface area contributed by atoms with Gasteiger partial charge in [-0.05, 0) is 6.92 Å². The van der Waals surface area contributed by atoms with Gasteiger partial charge in [-0.2, -0.15) is 0 Å². The first kappa shape index (κ1) is 16.9. The zero-order chi connectivity index (χ0) is 16.7. The van der Waals surface area contributed by atoms with Crippen LogP contribution in [0.4, 0.5) is 14.9 Å². The molecule has 0 saturated heterocycles.